The summed E-state index contributed by atoms with van der Waals surface area (Å²) >= 11 is 0. The lowest BCUT2D eigenvalue weighted by Gasteiger charge is -2.22. The summed E-state index contributed by atoms with van der Waals surface area (Å²) in [5.41, 5.74) is 0.882. The standard InChI is InChI=1S/C12H20N4O2/c1-9-7-11(16(2)15-9)14-12(17)8-18-10-3-5-13-6-4-10/h7,10,13H,3-6,8H2,1-2H3,(H,14,17). The van der Waals surface area contributed by atoms with Gasteiger partial charge in [-0.1, -0.05) is 0 Å². The maximum Gasteiger partial charge on any atom is 0.251 e. The van der Waals surface area contributed by atoms with Crippen LogP contribution in [-0.2, 0) is 16.6 Å². The number of piperidine rings is 1. The van der Waals surface area contributed by atoms with Gasteiger partial charge in [-0.3, -0.25) is 9.48 Å². The van der Waals surface area contributed by atoms with Gasteiger partial charge in [0.1, 0.15) is 12.4 Å². The number of rotatable bonds is 4. The van der Waals surface area contributed by atoms with E-state index in [0.29, 0.717) is 5.82 Å². The molecule has 1 aliphatic heterocycles. The van der Waals surface area contributed by atoms with Gasteiger partial charge >= 0.3 is 0 Å². The molecule has 1 aromatic rings. The zero-order valence-electron chi connectivity index (χ0n) is 10.9. The van der Waals surface area contributed by atoms with Gasteiger partial charge in [0.2, 0.25) is 0 Å². The number of carbonyl (C=O) groups is 1. The number of hydrogen-bond donors (Lipinski definition) is 2. The monoisotopic (exact) mass is 252 g/mol. The molecule has 0 saturated carbocycles. The summed E-state index contributed by atoms with van der Waals surface area (Å²) in [6.45, 7) is 3.93. The van der Waals surface area contributed by atoms with E-state index in [4.69, 9.17) is 4.74 Å². The van der Waals surface area contributed by atoms with Gasteiger partial charge in [-0.25, -0.2) is 0 Å². The van der Waals surface area contributed by atoms with Crippen LogP contribution in [0, 0.1) is 6.92 Å². The molecule has 0 aromatic carbocycles. The molecule has 0 spiro atoms. The van der Waals surface area contributed by atoms with E-state index in [1.807, 2.05) is 13.0 Å². The van der Waals surface area contributed by atoms with E-state index < -0.39 is 0 Å². The largest absolute Gasteiger partial charge is 0.368 e. The van der Waals surface area contributed by atoms with Gasteiger partial charge in [-0.15, -0.1) is 0 Å². The van der Waals surface area contributed by atoms with Gasteiger partial charge in [0.15, 0.2) is 0 Å². The molecule has 0 aliphatic carbocycles. The average molecular weight is 252 g/mol. The van der Waals surface area contributed by atoms with Crippen molar-refractivity contribution in [2.45, 2.75) is 25.9 Å². The minimum atomic E-state index is -0.128. The lowest BCUT2D eigenvalue weighted by Crippen LogP contribution is -2.34. The molecule has 0 bridgehead atoms. The van der Waals surface area contributed by atoms with E-state index in [9.17, 15) is 4.79 Å². The Morgan fingerprint density at radius 3 is 2.94 bits per heavy atom. The van der Waals surface area contributed by atoms with Crippen LogP contribution in [0.2, 0.25) is 0 Å². The Bertz CT molecular complexity index is 410. The second kappa shape index (κ2) is 5.97. The number of hydrogen-bond acceptors (Lipinski definition) is 4. The lowest BCUT2D eigenvalue weighted by atomic mass is 10.1. The van der Waals surface area contributed by atoms with Crippen molar-refractivity contribution in [1.29, 1.82) is 0 Å². The zero-order valence-corrected chi connectivity index (χ0v) is 10.9. The normalized spacial score (nSPS) is 16.8. The third kappa shape index (κ3) is 3.54. The number of anilines is 1. The summed E-state index contributed by atoms with van der Waals surface area (Å²) < 4.78 is 7.23. The quantitative estimate of drug-likeness (QED) is 0.815. The highest BCUT2D eigenvalue weighted by molar-refractivity contribution is 5.90. The first-order valence-electron chi connectivity index (χ1n) is 6.28. The second-order valence-corrected chi connectivity index (χ2v) is 4.60. The predicted molar refractivity (Wildman–Crippen MR) is 68.4 cm³/mol. The maximum atomic E-state index is 11.7. The molecular formula is C12H20N4O2. The molecule has 2 heterocycles. The summed E-state index contributed by atoms with van der Waals surface area (Å²) in [6, 6.07) is 1.84. The number of carbonyl (C=O) groups excluding carboxylic acids is 1. The molecule has 0 unspecified atom stereocenters. The molecule has 2 N–H and O–H groups in total. The predicted octanol–water partition coefficient (Wildman–Crippen LogP) is 0.436. The first kappa shape index (κ1) is 13.0. The van der Waals surface area contributed by atoms with Crippen molar-refractivity contribution < 1.29 is 9.53 Å². The van der Waals surface area contributed by atoms with Gasteiger partial charge in [0.25, 0.3) is 5.91 Å². The molecule has 1 saturated heterocycles. The number of aryl methyl sites for hydroxylation is 2. The van der Waals surface area contributed by atoms with Crippen molar-refractivity contribution in [3.8, 4) is 0 Å². The SMILES string of the molecule is Cc1cc(NC(=O)COC2CCNCC2)n(C)n1. The van der Waals surface area contributed by atoms with E-state index in [1.54, 1.807) is 11.7 Å². The van der Waals surface area contributed by atoms with Crippen LogP contribution in [0.15, 0.2) is 6.07 Å². The van der Waals surface area contributed by atoms with Crippen molar-refractivity contribution >= 4 is 11.7 Å². The Balaban J connectivity index is 1.76. The second-order valence-electron chi connectivity index (χ2n) is 4.60. The van der Waals surface area contributed by atoms with Crippen LogP contribution in [-0.4, -0.2) is 41.5 Å². The number of nitrogens with zero attached hydrogens (tertiary/aromatic N) is 2. The van der Waals surface area contributed by atoms with Gasteiger partial charge in [-0.2, -0.15) is 5.10 Å². The van der Waals surface area contributed by atoms with E-state index in [0.717, 1.165) is 31.6 Å². The fourth-order valence-electron chi connectivity index (χ4n) is 2.06. The van der Waals surface area contributed by atoms with Gasteiger partial charge in [0.05, 0.1) is 11.8 Å². The third-order valence-electron chi connectivity index (χ3n) is 3.01. The summed E-state index contributed by atoms with van der Waals surface area (Å²) in [5.74, 6) is 0.572. The number of nitrogens with one attached hydrogen (secondary N) is 2. The lowest BCUT2D eigenvalue weighted by molar-refractivity contribution is -0.123. The molecule has 1 aromatic heterocycles. The van der Waals surface area contributed by atoms with E-state index >= 15 is 0 Å². The summed E-state index contributed by atoms with van der Waals surface area (Å²) in [4.78, 5) is 11.7. The van der Waals surface area contributed by atoms with E-state index in [2.05, 4.69) is 15.7 Å². The van der Waals surface area contributed by atoms with Crippen LogP contribution >= 0.6 is 0 Å². The molecule has 1 amide bonds. The molecule has 1 fully saturated rings. The highest BCUT2D eigenvalue weighted by Gasteiger charge is 2.15. The first-order chi connectivity index (χ1) is 8.65. The molecule has 2 rings (SSSR count). The van der Waals surface area contributed by atoms with Crippen molar-refractivity contribution in [3.05, 3.63) is 11.8 Å². The van der Waals surface area contributed by atoms with Crippen LogP contribution in [0.25, 0.3) is 0 Å². The maximum absolute atomic E-state index is 11.7. The number of aromatic nitrogens is 2. The van der Waals surface area contributed by atoms with Gasteiger partial charge < -0.3 is 15.4 Å². The van der Waals surface area contributed by atoms with Crippen molar-refractivity contribution in [3.63, 3.8) is 0 Å². The number of ether oxygens (including phenoxy) is 1. The highest BCUT2D eigenvalue weighted by atomic mass is 16.5. The molecule has 100 valence electrons. The summed E-state index contributed by atoms with van der Waals surface area (Å²) in [5, 5.41) is 10.2. The minimum absolute atomic E-state index is 0.106. The van der Waals surface area contributed by atoms with Crippen LogP contribution in [0.3, 0.4) is 0 Å². The minimum Gasteiger partial charge on any atom is -0.368 e. The van der Waals surface area contributed by atoms with E-state index in [1.165, 1.54) is 0 Å². The zero-order chi connectivity index (χ0) is 13.0. The fourth-order valence-corrected chi connectivity index (χ4v) is 2.06. The Kier molecular flexibility index (Phi) is 4.33. The molecule has 0 atom stereocenters. The third-order valence-corrected chi connectivity index (χ3v) is 3.01. The fraction of sp³-hybridized carbons (Fsp3) is 0.667. The van der Waals surface area contributed by atoms with Crippen molar-refractivity contribution in [2.24, 2.45) is 7.05 Å². The Labute approximate surface area is 107 Å². The van der Waals surface area contributed by atoms with Crippen LogP contribution in [0.1, 0.15) is 18.5 Å². The van der Waals surface area contributed by atoms with Crippen molar-refractivity contribution in [1.82, 2.24) is 15.1 Å². The Morgan fingerprint density at radius 2 is 2.33 bits per heavy atom. The number of amides is 1. The first-order valence-corrected chi connectivity index (χ1v) is 6.28. The molecule has 0 radical (unpaired) electrons. The van der Waals surface area contributed by atoms with Crippen molar-refractivity contribution in [2.75, 3.05) is 25.0 Å². The highest BCUT2D eigenvalue weighted by Crippen LogP contribution is 2.09. The van der Waals surface area contributed by atoms with E-state index in [-0.39, 0.29) is 18.6 Å². The Morgan fingerprint density at radius 1 is 1.61 bits per heavy atom. The van der Waals surface area contributed by atoms with Crippen LogP contribution < -0.4 is 10.6 Å². The average Bonchev–Trinajstić information content (AvgIpc) is 2.67. The summed E-state index contributed by atoms with van der Waals surface area (Å²) in [6.07, 6.45) is 2.14. The molecule has 6 heteroatoms. The molecule has 6 nitrogen and oxygen atoms in total. The van der Waals surface area contributed by atoms with Crippen LogP contribution in [0.5, 0.6) is 0 Å². The molecular weight excluding hydrogens is 232 g/mol. The smallest absolute Gasteiger partial charge is 0.251 e. The molecule has 1 aliphatic rings. The summed E-state index contributed by atoms with van der Waals surface area (Å²) in [7, 11) is 1.80. The van der Waals surface area contributed by atoms with Gasteiger partial charge in [0, 0.05) is 13.1 Å². The Hall–Kier alpha value is -1.40. The molecule has 18 heavy (non-hydrogen) atoms. The topological polar surface area (TPSA) is 68.2 Å². The van der Waals surface area contributed by atoms with Gasteiger partial charge in [-0.05, 0) is 32.9 Å². The van der Waals surface area contributed by atoms with Crippen LogP contribution in [0.4, 0.5) is 5.82 Å².